The maximum Gasteiger partial charge on any atom is 0.181 e. The van der Waals surface area contributed by atoms with Crippen LogP contribution in [0.5, 0.6) is 0 Å². The van der Waals surface area contributed by atoms with Crippen molar-refractivity contribution in [1.82, 2.24) is 4.98 Å². The van der Waals surface area contributed by atoms with Crippen LogP contribution in [-0.4, -0.2) is 4.98 Å². The Morgan fingerprint density at radius 1 is 1.40 bits per heavy atom. The summed E-state index contributed by atoms with van der Waals surface area (Å²) in [7, 11) is 0. The van der Waals surface area contributed by atoms with Gasteiger partial charge in [-0.2, -0.15) is 5.26 Å². The van der Waals surface area contributed by atoms with Gasteiger partial charge in [0, 0.05) is 5.56 Å². The zero-order valence-electron chi connectivity index (χ0n) is 7.57. The molecule has 0 aliphatic heterocycles. The van der Waals surface area contributed by atoms with Crippen molar-refractivity contribution in [2.75, 3.05) is 5.73 Å². The van der Waals surface area contributed by atoms with Crippen molar-refractivity contribution >= 4 is 16.5 Å². The van der Waals surface area contributed by atoms with E-state index >= 15 is 0 Å². The number of anilines is 1. The zero-order chi connectivity index (χ0) is 10.8. The standard InChI is InChI=1S/C10H6FN3S/c11-7-4-2-1-3-6(7)9-8(5-12)15-10(13)14-9/h1-4H,(H2,13,14). The van der Waals surface area contributed by atoms with E-state index in [1.807, 2.05) is 6.07 Å². The van der Waals surface area contributed by atoms with E-state index in [0.717, 1.165) is 11.3 Å². The van der Waals surface area contributed by atoms with Gasteiger partial charge < -0.3 is 5.73 Å². The Morgan fingerprint density at radius 3 is 2.80 bits per heavy atom. The van der Waals surface area contributed by atoms with Gasteiger partial charge in [0.25, 0.3) is 0 Å². The van der Waals surface area contributed by atoms with E-state index < -0.39 is 5.82 Å². The predicted molar refractivity (Wildman–Crippen MR) is 56.6 cm³/mol. The van der Waals surface area contributed by atoms with E-state index in [2.05, 4.69) is 4.98 Å². The normalized spacial score (nSPS) is 9.87. The summed E-state index contributed by atoms with van der Waals surface area (Å²) in [6, 6.07) is 8.12. The topological polar surface area (TPSA) is 62.7 Å². The summed E-state index contributed by atoms with van der Waals surface area (Å²) in [5.74, 6) is -0.403. The van der Waals surface area contributed by atoms with Crippen LogP contribution >= 0.6 is 11.3 Å². The first-order valence-electron chi connectivity index (χ1n) is 4.13. The first-order valence-corrected chi connectivity index (χ1v) is 4.95. The van der Waals surface area contributed by atoms with Crippen LogP contribution in [0.3, 0.4) is 0 Å². The first kappa shape index (κ1) is 9.62. The lowest BCUT2D eigenvalue weighted by Gasteiger charge is -1.98. The molecule has 0 saturated carbocycles. The average Bonchev–Trinajstić information content (AvgIpc) is 2.60. The number of hydrogen-bond donors (Lipinski definition) is 1. The van der Waals surface area contributed by atoms with Crippen LogP contribution in [0.2, 0.25) is 0 Å². The molecule has 0 bridgehead atoms. The molecule has 1 heterocycles. The fourth-order valence-electron chi connectivity index (χ4n) is 1.25. The average molecular weight is 219 g/mol. The van der Waals surface area contributed by atoms with Gasteiger partial charge in [-0.15, -0.1) is 0 Å². The van der Waals surface area contributed by atoms with Gasteiger partial charge in [0.1, 0.15) is 22.5 Å². The third-order valence-corrected chi connectivity index (χ3v) is 2.66. The van der Waals surface area contributed by atoms with Crippen LogP contribution in [0.1, 0.15) is 4.88 Å². The van der Waals surface area contributed by atoms with Crippen molar-refractivity contribution in [2.45, 2.75) is 0 Å². The van der Waals surface area contributed by atoms with Crippen molar-refractivity contribution in [3.8, 4) is 17.3 Å². The Hall–Kier alpha value is -1.93. The van der Waals surface area contributed by atoms with Crippen LogP contribution < -0.4 is 5.73 Å². The Kier molecular flexibility index (Phi) is 2.35. The van der Waals surface area contributed by atoms with Crippen molar-refractivity contribution in [3.63, 3.8) is 0 Å². The SMILES string of the molecule is N#Cc1sc(N)nc1-c1ccccc1F. The summed E-state index contributed by atoms with van der Waals surface area (Å²) in [6.45, 7) is 0. The van der Waals surface area contributed by atoms with E-state index in [1.165, 1.54) is 6.07 Å². The lowest BCUT2D eigenvalue weighted by Crippen LogP contribution is -1.87. The fraction of sp³-hybridized carbons (Fsp3) is 0. The van der Waals surface area contributed by atoms with Crippen molar-refractivity contribution in [2.24, 2.45) is 0 Å². The van der Waals surface area contributed by atoms with Gasteiger partial charge in [-0.25, -0.2) is 9.37 Å². The van der Waals surface area contributed by atoms with Gasteiger partial charge in [0.05, 0.1) is 0 Å². The minimum atomic E-state index is -0.403. The molecule has 0 radical (unpaired) electrons. The quantitative estimate of drug-likeness (QED) is 0.801. The molecule has 1 aromatic heterocycles. The van der Waals surface area contributed by atoms with Gasteiger partial charge in [-0.3, -0.25) is 0 Å². The van der Waals surface area contributed by atoms with Crippen LogP contribution in [0.25, 0.3) is 11.3 Å². The largest absolute Gasteiger partial charge is 0.375 e. The number of hydrogen-bond acceptors (Lipinski definition) is 4. The highest BCUT2D eigenvalue weighted by Crippen LogP contribution is 2.30. The first-order chi connectivity index (χ1) is 7.22. The molecular formula is C10H6FN3S. The third-order valence-electron chi connectivity index (χ3n) is 1.87. The number of benzene rings is 1. The van der Waals surface area contributed by atoms with E-state index in [0.29, 0.717) is 16.1 Å². The number of thiazole rings is 1. The van der Waals surface area contributed by atoms with E-state index in [4.69, 9.17) is 11.0 Å². The number of halogens is 1. The molecule has 0 aliphatic carbocycles. The molecule has 2 aromatic rings. The van der Waals surface area contributed by atoms with E-state index in [9.17, 15) is 4.39 Å². The predicted octanol–water partition coefficient (Wildman–Crippen LogP) is 2.40. The second kappa shape index (κ2) is 3.67. The van der Waals surface area contributed by atoms with Gasteiger partial charge in [0.15, 0.2) is 5.13 Å². The Bertz CT molecular complexity index is 542. The van der Waals surface area contributed by atoms with E-state index in [1.54, 1.807) is 18.2 Å². The minimum Gasteiger partial charge on any atom is -0.375 e. The highest BCUT2D eigenvalue weighted by molar-refractivity contribution is 7.16. The summed E-state index contributed by atoms with van der Waals surface area (Å²) in [5.41, 5.74) is 6.10. The lowest BCUT2D eigenvalue weighted by atomic mass is 10.1. The highest BCUT2D eigenvalue weighted by atomic mass is 32.1. The maximum absolute atomic E-state index is 13.4. The fourth-order valence-corrected chi connectivity index (χ4v) is 1.89. The number of aromatic nitrogens is 1. The van der Waals surface area contributed by atoms with Crippen molar-refractivity contribution in [3.05, 3.63) is 35.0 Å². The molecule has 2 N–H and O–H groups in total. The van der Waals surface area contributed by atoms with Crippen LogP contribution in [-0.2, 0) is 0 Å². The maximum atomic E-state index is 13.4. The second-order valence-corrected chi connectivity index (χ2v) is 3.85. The lowest BCUT2D eigenvalue weighted by molar-refractivity contribution is 0.631. The molecule has 3 nitrogen and oxygen atoms in total. The summed E-state index contributed by atoms with van der Waals surface area (Å²) in [5, 5.41) is 9.09. The second-order valence-electron chi connectivity index (χ2n) is 2.82. The van der Waals surface area contributed by atoms with Gasteiger partial charge in [-0.05, 0) is 12.1 Å². The van der Waals surface area contributed by atoms with E-state index in [-0.39, 0.29) is 5.13 Å². The molecule has 5 heteroatoms. The monoisotopic (exact) mass is 219 g/mol. The number of nitrogens with zero attached hydrogens (tertiary/aromatic N) is 2. The molecule has 15 heavy (non-hydrogen) atoms. The minimum absolute atomic E-state index is 0.268. The molecule has 0 spiro atoms. The Labute approximate surface area is 89.6 Å². The molecule has 74 valence electrons. The van der Waals surface area contributed by atoms with Crippen molar-refractivity contribution in [1.29, 1.82) is 5.26 Å². The summed E-state index contributed by atoms with van der Waals surface area (Å²) in [4.78, 5) is 4.28. The molecule has 0 unspecified atom stereocenters. The Morgan fingerprint density at radius 2 is 2.13 bits per heavy atom. The molecule has 0 saturated heterocycles. The number of rotatable bonds is 1. The highest BCUT2D eigenvalue weighted by Gasteiger charge is 2.14. The smallest absolute Gasteiger partial charge is 0.181 e. The van der Waals surface area contributed by atoms with Gasteiger partial charge >= 0.3 is 0 Å². The molecule has 0 aliphatic rings. The molecule has 2 rings (SSSR count). The van der Waals surface area contributed by atoms with Crippen molar-refractivity contribution < 1.29 is 4.39 Å². The van der Waals surface area contributed by atoms with Crippen LogP contribution in [0.15, 0.2) is 24.3 Å². The summed E-state index contributed by atoms with van der Waals surface area (Å²) < 4.78 is 13.4. The number of nitrogens with two attached hydrogens (primary N) is 1. The molecule has 1 aromatic carbocycles. The zero-order valence-corrected chi connectivity index (χ0v) is 8.38. The van der Waals surface area contributed by atoms with Gasteiger partial charge in [0.2, 0.25) is 0 Å². The Balaban J connectivity index is 2.65. The number of nitrogen functional groups attached to an aromatic ring is 1. The van der Waals surface area contributed by atoms with Crippen LogP contribution in [0.4, 0.5) is 9.52 Å². The molecule has 0 fully saturated rings. The summed E-state index contributed by atoms with van der Waals surface area (Å²) >= 11 is 1.06. The van der Waals surface area contributed by atoms with Crippen LogP contribution in [0, 0.1) is 17.1 Å². The molecule has 0 atom stereocenters. The summed E-state index contributed by atoms with van der Waals surface area (Å²) in [6.07, 6.45) is 0. The molecule has 0 amide bonds. The van der Waals surface area contributed by atoms with Gasteiger partial charge in [-0.1, -0.05) is 23.5 Å². The molecular weight excluding hydrogens is 213 g/mol. The third kappa shape index (κ3) is 1.67. The number of nitriles is 1.